The molecule has 1 fully saturated rings. The Morgan fingerprint density at radius 1 is 1.29 bits per heavy atom. The number of rotatable bonds is 4. The minimum Gasteiger partial charge on any atom is -0.443 e. The van der Waals surface area contributed by atoms with Crippen molar-refractivity contribution in [2.24, 2.45) is 5.92 Å². The van der Waals surface area contributed by atoms with Crippen molar-refractivity contribution in [2.45, 2.75) is 33.2 Å². The van der Waals surface area contributed by atoms with E-state index in [-0.39, 0.29) is 17.6 Å². The van der Waals surface area contributed by atoms with Crippen LogP contribution in [0.1, 0.15) is 29.7 Å². The average Bonchev–Trinajstić information content (AvgIpc) is 3.01. The third kappa shape index (κ3) is 3.56. The summed E-state index contributed by atoms with van der Waals surface area (Å²) in [4.78, 5) is 23.6. The number of amides is 1. The molecule has 1 atom stereocenters. The van der Waals surface area contributed by atoms with E-state index in [2.05, 4.69) is 20.2 Å². The molecule has 4 rings (SSSR count). The summed E-state index contributed by atoms with van der Waals surface area (Å²) in [6.07, 6.45) is 3.26. The second-order valence-corrected chi connectivity index (χ2v) is 7.29. The number of nitrogens with zero attached hydrogens (tertiary/aromatic N) is 3. The number of nitrogens with one attached hydrogen (secondary N) is 1. The second kappa shape index (κ2) is 7.58. The molecule has 7 heteroatoms. The molecule has 0 bridgehead atoms. The van der Waals surface area contributed by atoms with Gasteiger partial charge >= 0.3 is 0 Å². The highest BCUT2D eigenvalue weighted by Gasteiger charge is 2.28. The van der Waals surface area contributed by atoms with Gasteiger partial charge in [0.1, 0.15) is 23.7 Å². The van der Waals surface area contributed by atoms with Crippen LogP contribution in [0.5, 0.6) is 0 Å². The number of fused-ring (bicyclic) bond motifs is 1. The van der Waals surface area contributed by atoms with Crippen LogP contribution in [0.15, 0.2) is 35.0 Å². The third-order valence-corrected chi connectivity index (χ3v) is 5.42. The summed E-state index contributed by atoms with van der Waals surface area (Å²) in [5.74, 6) is 1.28. The Morgan fingerprint density at radius 3 is 2.86 bits per heavy atom. The van der Waals surface area contributed by atoms with Gasteiger partial charge in [0, 0.05) is 25.2 Å². The molecule has 1 aromatic carbocycles. The smallest absolute Gasteiger partial charge is 0.231 e. The summed E-state index contributed by atoms with van der Waals surface area (Å²) in [7, 11) is 0. The van der Waals surface area contributed by atoms with E-state index in [1.807, 2.05) is 13.8 Å². The molecule has 1 aliphatic rings. The molecule has 3 heterocycles. The minimum atomic E-state index is -0.279. The normalized spacial score (nSPS) is 17.1. The van der Waals surface area contributed by atoms with E-state index in [9.17, 15) is 9.18 Å². The van der Waals surface area contributed by atoms with Crippen LogP contribution in [0, 0.1) is 25.6 Å². The van der Waals surface area contributed by atoms with Crippen molar-refractivity contribution in [3.05, 3.63) is 53.3 Å². The van der Waals surface area contributed by atoms with E-state index in [0.717, 1.165) is 47.5 Å². The molecule has 146 valence electrons. The Hall–Kier alpha value is -2.96. The van der Waals surface area contributed by atoms with Gasteiger partial charge in [-0.15, -0.1) is 0 Å². The van der Waals surface area contributed by atoms with Crippen molar-refractivity contribution < 1.29 is 13.6 Å². The number of anilines is 1. The molecule has 0 radical (unpaired) electrons. The van der Waals surface area contributed by atoms with Crippen LogP contribution in [0.25, 0.3) is 11.1 Å². The van der Waals surface area contributed by atoms with Crippen molar-refractivity contribution in [2.75, 3.05) is 18.0 Å². The molecule has 6 nitrogen and oxygen atoms in total. The number of carbonyl (C=O) groups excluding carboxylic acids is 1. The zero-order valence-electron chi connectivity index (χ0n) is 16.0. The number of carbonyl (C=O) groups is 1. The van der Waals surface area contributed by atoms with Gasteiger partial charge in [-0.2, -0.15) is 0 Å². The number of furan rings is 1. The van der Waals surface area contributed by atoms with E-state index in [1.54, 1.807) is 12.1 Å². The molecule has 1 saturated heterocycles. The second-order valence-electron chi connectivity index (χ2n) is 7.29. The monoisotopic (exact) mass is 382 g/mol. The van der Waals surface area contributed by atoms with Gasteiger partial charge in [-0.1, -0.05) is 12.1 Å². The van der Waals surface area contributed by atoms with Gasteiger partial charge in [0.25, 0.3) is 0 Å². The summed E-state index contributed by atoms with van der Waals surface area (Å²) in [6, 6.07) is 6.17. The molecule has 2 aromatic heterocycles. The lowest BCUT2D eigenvalue weighted by atomic mass is 9.96. The van der Waals surface area contributed by atoms with Crippen molar-refractivity contribution in [3.8, 4) is 0 Å². The van der Waals surface area contributed by atoms with Crippen LogP contribution in [0.2, 0.25) is 0 Å². The van der Waals surface area contributed by atoms with E-state index >= 15 is 0 Å². The largest absolute Gasteiger partial charge is 0.443 e. The molecule has 1 aliphatic heterocycles. The first-order valence-corrected chi connectivity index (χ1v) is 9.50. The van der Waals surface area contributed by atoms with Crippen LogP contribution in [0.4, 0.5) is 10.2 Å². The summed E-state index contributed by atoms with van der Waals surface area (Å²) < 4.78 is 18.7. The zero-order chi connectivity index (χ0) is 19.7. The number of halogens is 1. The number of aryl methyl sites for hydroxylation is 2. The third-order valence-electron chi connectivity index (χ3n) is 5.42. The van der Waals surface area contributed by atoms with Gasteiger partial charge in [0.15, 0.2) is 0 Å². The fourth-order valence-electron chi connectivity index (χ4n) is 3.72. The van der Waals surface area contributed by atoms with Gasteiger partial charge < -0.3 is 14.6 Å². The van der Waals surface area contributed by atoms with Crippen molar-refractivity contribution in [1.29, 1.82) is 0 Å². The average molecular weight is 382 g/mol. The van der Waals surface area contributed by atoms with Gasteiger partial charge in [-0.25, -0.2) is 14.4 Å². The molecule has 0 spiro atoms. The first kappa shape index (κ1) is 18.4. The predicted molar refractivity (Wildman–Crippen MR) is 104 cm³/mol. The maximum Gasteiger partial charge on any atom is 0.231 e. The molecule has 28 heavy (non-hydrogen) atoms. The highest BCUT2D eigenvalue weighted by atomic mass is 19.1. The van der Waals surface area contributed by atoms with E-state index in [1.165, 1.54) is 18.5 Å². The number of aromatic nitrogens is 2. The summed E-state index contributed by atoms with van der Waals surface area (Å²) in [5.41, 5.74) is 2.50. The number of hydrogen-bond acceptors (Lipinski definition) is 5. The Labute approximate surface area is 162 Å². The van der Waals surface area contributed by atoms with Crippen LogP contribution in [-0.2, 0) is 11.3 Å². The van der Waals surface area contributed by atoms with E-state index < -0.39 is 0 Å². The fourth-order valence-corrected chi connectivity index (χ4v) is 3.72. The van der Waals surface area contributed by atoms with E-state index in [0.29, 0.717) is 18.8 Å². The lowest BCUT2D eigenvalue weighted by Gasteiger charge is -2.33. The molecule has 1 N–H and O–H groups in total. The zero-order valence-corrected chi connectivity index (χ0v) is 16.0. The molecular formula is C21H23FN4O2. The Kier molecular flexibility index (Phi) is 4.98. The SMILES string of the molecule is Cc1oc2ncnc(N3CCCC(C(=O)NCc4ccc(F)cc4)C3)c2c1C. The Bertz CT molecular complexity index is 1000. The number of piperidine rings is 1. The van der Waals surface area contributed by atoms with Crippen LogP contribution >= 0.6 is 0 Å². The Balaban J connectivity index is 1.47. The predicted octanol–water partition coefficient (Wildman–Crippen LogP) is 3.51. The first-order chi connectivity index (χ1) is 13.5. The standard InChI is InChI=1S/C21H23FN4O2/c1-13-14(2)28-21-18(13)19(24-12-25-21)26-9-3-4-16(11-26)20(27)23-10-15-5-7-17(22)8-6-15/h5-8,12,16H,3-4,9-11H2,1-2H3,(H,23,27). The summed E-state index contributed by atoms with van der Waals surface area (Å²) >= 11 is 0. The first-order valence-electron chi connectivity index (χ1n) is 9.50. The molecular weight excluding hydrogens is 359 g/mol. The van der Waals surface area contributed by atoms with Gasteiger partial charge in [-0.3, -0.25) is 4.79 Å². The summed E-state index contributed by atoms with van der Waals surface area (Å²) in [5, 5.41) is 3.90. The van der Waals surface area contributed by atoms with Crippen molar-refractivity contribution >= 4 is 22.8 Å². The maximum absolute atomic E-state index is 13.0. The topological polar surface area (TPSA) is 71.3 Å². The highest BCUT2D eigenvalue weighted by molar-refractivity contribution is 5.90. The van der Waals surface area contributed by atoms with Crippen LogP contribution in [0.3, 0.4) is 0 Å². The quantitative estimate of drug-likeness (QED) is 0.748. The van der Waals surface area contributed by atoms with Gasteiger partial charge in [0.05, 0.1) is 11.3 Å². The van der Waals surface area contributed by atoms with Crippen molar-refractivity contribution in [3.63, 3.8) is 0 Å². The number of benzene rings is 1. The highest BCUT2D eigenvalue weighted by Crippen LogP contribution is 2.32. The van der Waals surface area contributed by atoms with Gasteiger partial charge in [0.2, 0.25) is 11.6 Å². The maximum atomic E-state index is 13.0. The lowest BCUT2D eigenvalue weighted by Crippen LogP contribution is -2.43. The molecule has 1 amide bonds. The van der Waals surface area contributed by atoms with Gasteiger partial charge in [-0.05, 0) is 44.4 Å². The Morgan fingerprint density at radius 2 is 2.07 bits per heavy atom. The minimum absolute atomic E-state index is 0.0134. The van der Waals surface area contributed by atoms with E-state index in [4.69, 9.17) is 4.42 Å². The molecule has 3 aromatic rings. The molecule has 1 unspecified atom stereocenters. The number of hydrogen-bond donors (Lipinski definition) is 1. The van der Waals surface area contributed by atoms with Crippen molar-refractivity contribution in [1.82, 2.24) is 15.3 Å². The van der Waals surface area contributed by atoms with Crippen LogP contribution < -0.4 is 10.2 Å². The van der Waals surface area contributed by atoms with Crippen LogP contribution in [-0.4, -0.2) is 29.0 Å². The molecule has 0 aliphatic carbocycles. The fraction of sp³-hybridized carbons (Fsp3) is 0.381. The lowest BCUT2D eigenvalue weighted by molar-refractivity contribution is -0.125. The summed E-state index contributed by atoms with van der Waals surface area (Å²) in [6.45, 7) is 5.77. The molecule has 0 saturated carbocycles.